The summed E-state index contributed by atoms with van der Waals surface area (Å²) >= 11 is 3.58. The number of para-hydroxylation sites is 1. The topological polar surface area (TPSA) is 34.0 Å². The van der Waals surface area contributed by atoms with Gasteiger partial charge in [0.25, 0.3) is 0 Å². The van der Waals surface area contributed by atoms with Crippen molar-refractivity contribution in [1.82, 2.24) is 9.88 Å². The number of carbonyl (C=O) groups excluding carboxylic acids is 1. The lowest BCUT2D eigenvalue weighted by Crippen LogP contribution is -2.27. The lowest BCUT2D eigenvalue weighted by molar-refractivity contribution is -0.121. The maximum Gasteiger partial charge on any atom is 0.239 e. The average Bonchev–Trinajstić information content (AvgIpc) is 2.56. The third-order valence-electron chi connectivity index (χ3n) is 2.83. The molecule has 0 atom stereocenters. The maximum atomic E-state index is 11.7. The van der Waals surface area contributed by atoms with Crippen LogP contribution in [0.25, 0.3) is 10.9 Å². The highest BCUT2D eigenvalue weighted by Crippen LogP contribution is 2.30. The number of rotatable bonds is 3. The number of halogens is 1. The van der Waals surface area contributed by atoms with Gasteiger partial charge in [-0.25, -0.2) is 0 Å². The Bertz CT molecular complexity index is 560. The van der Waals surface area contributed by atoms with Gasteiger partial charge in [-0.05, 0) is 35.8 Å². The highest BCUT2D eigenvalue weighted by Gasteiger charge is 2.13. The first kappa shape index (κ1) is 12.2. The number of hydrogen-bond acceptors (Lipinski definition) is 1. The van der Waals surface area contributed by atoms with Crippen LogP contribution in [0.4, 0.5) is 0 Å². The number of hydrogen-bond donors (Lipinski definition) is 1. The second-order valence-electron chi connectivity index (χ2n) is 3.96. The molecular formula is C13H15BrN2O. The summed E-state index contributed by atoms with van der Waals surface area (Å²) in [5.41, 5.74) is 2.17. The lowest BCUT2D eigenvalue weighted by Gasteiger charge is -2.07. The fourth-order valence-electron chi connectivity index (χ4n) is 1.99. The SMILES string of the molecule is CCNC(=O)Cn1c(C)c(Br)c2ccccc21. The summed E-state index contributed by atoms with van der Waals surface area (Å²) in [6.07, 6.45) is 0. The van der Waals surface area contributed by atoms with Crippen LogP contribution in [0.1, 0.15) is 12.6 Å². The molecule has 0 aliphatic rings. The number of likely N-dealkylation sites (N-methyl/N-ethyl adjacent to an activating group) is 1. The minimum Gasteiger partial charge on any atom is -0.355 e. The van der Waals surface area contributed by atoms with Gasteiger partial charge in [-0.15, -0.1) is 0 Å². The number of fused-ring (bicyclic) bond motifs is 1. The van der Waals surface area contributed by atoms with Crippen molar-refractivity contribution in [1.29, 1.82) is 0 Å². The van der Waals surface area contributed by atoms with Crippen LogP contribution in [-0.2, 0) is 11.3 Å². The molecule has 1 aromatic heterocycles. The van der Waals surface area contributed by atoms with E-state index in [9.17, 15) is 4.79 Å². The molecular weight excluding hydrogens is 280 g/mol. The molecule has 0 spiro atoms. The van der Waals surface area contributed by atoms with Crippen LogP contribution in [0.2, 0.25) is 0 Å². The smallest absolute Gasteiger partial charge is 0.239 e. The molecule has 1 N–H and O–H groups in total. The Kier molecular flexibility index (Phi) is 3.52. The van der Waals surface area contributed by atoms with Crippen molar-refractivity contribution in [3.8, 4) is 0 Å². The van der Waals surface area contributed by atoms with Crippen molar-refractivity contribution in [2.24, 2.45) is 0 Å². The molecule has 0 bridgehead atoms. The van der Waals surface area contributed by atoms with Crippen LogP contribution in [0.15, 0.2) is 28.7 Å². The number of carbonyl (C=O) groups is 1. The van der Waals surface area contributed by atoms with E-state index >= 15 is 0 Å². The third kappa shape index (κ3) is 2.22. The van der Waals surface area contributed by atoms with Crippen LogP contribution in [0.3, 0.4) is 0 Å². The predicted molar refractivity (Wildman–Crippen MR) is 73.1 cm³/mol. The second-order valence-corrected chi connectivity index (χ2v) is 4.75. The zero-order valence-corrected chi connectivity index (χ0v) is 11.5. The van der Waals surface area contributed by atoms with Crippen molar-refractivity contribution in [2.75, 3.05) is 6.54 Å². The van der Waals surface area contributed by atoms with Gasteiger partial charge in [-0.2, -0.15) is 0 Å². The quantitative estimate of drug-likeness (QED) is 0.928. The first-order chi connectivity index (χ1) is 8.15. The van der Waals surface area contributed by atoms with Gasteiger partial charge in [0.1, 0.15) is 6.54 Å². The Labute approximate surface area is 109 Å². The minimum atomic E-state index is 0.0452. The molecule has 0 aliphatic carbocycles. The summed E-state index contributed by atoms with van der Waals surface area (Å²) < 4.78 is 3.10. The van der Waals surface area contributed by atoms with Crippen molar-refractivity contribution in [2.45, 2.75) is 20.4 Å². The standard InChI is InChI=1S/C13H15BrN2O/c1-3-15-12(17)8-16-9(2)13(14)10-6-4-5-7-11(10)16/h4-7H,3,8H2,1-2H3,(H,15,17). The first-order valence-electron chi connectivity index (χ1n) is 5.65. The molecule has 0 unspecified atom stereocenters. The Morgan fingerprint density at radius 1 is 1.41 bits per heavy atom. The molecule has 17 heavy (non-hydrogen) atoms. The van der Waals surface area contributed by atoms with E-state index in [1.54, 1.807) is 0 Å². The molecule has 90 valence electrons. The summed E-state index contributed by atoms with van der Waals surface area (Å²) in [5.74, 6) is 0.0452. The van der Waals surface area contributed by atoms with Crippen molar-refractivity contribution < 1.29 is 4.79 Å². The minimum absolute atomic E-state index is 0.0452. The molecule has 1 heterocycles. The summed E-state index contributed by atoms with van der Waals surface area (Å²) in [6.45, 7) is 4.97. The molecule has 1 amide bonds. The number of nitrogens with one attached hydrogen (secondary N) is 1. The van der Waals surface area contributed by atoms with Gasteiger partial charge in [0.05, 0.1) is 0 Å². The van der Waals surface area contributed by atoms with Gasteiger partial charge in [0, 0.05) is 27.6 Å². The van der Waals surface area contributed by atoms with Crippen molar-refractivity contribution in [3.63, 3.8) is 0 Å². The molecule has 0 radical (unpaired) electrons. The number of benzene rings is 1. The largest absolute Gasteiger partial charge is 0.355 e. The maximum absolute atomic E-state index is 11.7. The van der Waals surface area contributed by atoms with Crippen LogP contribution in [-0.4, -0.2) is 17.0 Å². The monoisotopic (exact) mass is 294 g/mol. The Morgan fingerprint density at radius 3 is 2.82 bits per heavy atom. The highest BCUT2D eigenvalue weighted by atomic mass is 79.9. The van der Waals surface area contributed by atoms with E-state index in [0.29, 0.717) is 13.1 Å². The van der Waals surface area contributed by atoms with E-state index in [4.69, 9.17) is 0 Å². The van der Waals surface area contributed by atoms with Crippen molar-refractivity contribution >= 4 is 32.7 Å². The Hall–Kier alpha value is -1.29. The fraction of sp³-hybridized carbons (Fsp3) is 0.308. The molecule has 4 heteroatoms. The van der Waals surface area contributed by atoms with E-state index in [-0.39, 0.29) is 5.91 Å². The zero-order chi connectivity index (χ0) is 12.4. The summed E-state index contributed by atoms with van der Waals surface area (Å²) in [6, 6.07) is 8.08. The zero-order valence-electron chi connectivity index (χ0n) is 9.96. The third-order valence-corrected chi connectivity index (χ3v) is 3.83. The second kappa shape index (κ2) is 4.92. The van der Waals surface area contributed by atoms with Gasteiger partial charge in [0.15, 0.2) is 0 Å². The van der Waals surface area contributed by atoms with E-state index in [1.807, 2.05) is 36.6 Å². The fourth-order valence-corrected chi connectivity index (χ4v) is 2.54. The van der Waals surface area contributed by atoms with Gasteiger partial charge in [0.2, 0.25) is 5.91 Å². The highest BCUT2D eigenvalue weighted by molar-refractivity contribution is 9.10. The van der Waals surface area contributed by atoms with Crippen LogP contribution >= 0.6 is 15.9 Å². The normalized spacial score (nSPS) is 10.8. The van der Waals surface area contributed by atoms with Gasteiger partial charge in [-0.1, -0.05) is 18.2 Å². The molecule has 0 aliphatic heterocycles. The molecule has 0 saturated heterocycles. The molecule has 1 aromatic carbocycles. The molecule has 3 nitrogen and oxygen atoms in total. The Balaban J connectivity index is 2.46. The van der Waals surface area contributed by atoms with Gasteiger partial charge in [-0.3, -0.25) is 4.79 Å². The van der Waals surface area contributed by atoms with Crippen LogP contribution in [0.5, 0.6) is 0 Å². The molecule has 2 aromatic rings. The predicted octanol–water partition coefficient (Wildman–Crippen LogP) is 2.85. The number of aromatic nitrogens is 1. The van der Waals surface area contributed by atoms with E-state index in [2.05, 4.69) is 27.3 Å². The summed E-state index contributed by atoms with van der Waals surface area (Å²) in [7, 11) is 0. The van der Waals surface area contributed by atoms with E-state index in [0.717, 1.165) is 21.1 Å². The molecule has 0 fully saturated rings. The lowest BCUT2D eigenvalue weighted by atomic mass is 10.2. The van der Waals surface area contributed by atoms with Crippen LogP contribution < -0.4 is 5.32 Å². The van der Waals surface area contributed by atoms with Crippen molar-refractivity contribution in [3.05, 3.63) is 34.4 Å². The Morgan fingerprint density at radius 2 is 2.12 bits per heavy atom. The number of amides is 1. The van der Waals surface area contributed by atoms with Crippen LogP contribution in [0, 0.1) is 6.92 Å². The molecule has 0 saturated carbocycles. The first-order valence-corrected chi connectivity index (χ1v) is 6.44. The number of nitrogens with zero attached hydrogens (tertiary/aromatic N) is 1. The molecule has 2 rings (SSSR count). The average molecular weight is 295 g/mol. The van der Waals surface area contributed by atoms with Gasteiger partial charge < -0.3 is 9.88 Å². The summed E-state index contributed by atoms with van der Waals surface area (Å²) in [4.78, 5) is 11.7. The van der Waals surface area contributed by atoms with Gasteiger partial charge >= 0.3 is 0 Å². The summed E-state index contributed by atoms with van der Waals surface area (Å²) in [5, 5.41) is 3.97. The van der Waals surface area contributed by atoms with E-state index < -0.39 is 0 Å². The van der Waals surface area contributed by atoms with E-state index in [1.165, 1.54) is 0 Å².